The van der Waals surface area contributed by atoms with Gasteiger partial charge in [0.05, 0.1) is 36.6 Å². The fourth-order valence-electron chi connectivity index (χ4n) is 6.41. The van der Waals surface area contributed by atoms with Gasteiger partial charge >= 0.3 is 12.1 Å². The van der Waals surface area contributed by atoms with Gasteiger partial charge in [0.15, 0.2) is 5.78 Å². The number of nitrogens with zero attached hydrogens (tertiary/aromatic N) is 3. The van der Waals surface area contributed by atoms with E-state index in [0.717, 1.165) is 28.9 Å². The summed E-state index contributed by atoms with van der Waals surface area (Å²) in [7, 11) is -1.51. The highest BCUT2D eigenvalue weighted by atomic mass is 28.3. The number of carbonyl (C=O) groups is 2. The molecule has 0 bridgehead atoms. The summed E-state index contributed by atoms with van der Waals surface area (Å²) in [6, 6.07) is 10.5. The molecule has 0 saturated heterocycles. The maximum atomic E-state index is 13.8. The first-order valence-electron chi connectivity index (χ1n) is 15.7. The number of hydrogen-bond acceptors (Lipinski definition) is 7. The van der Waals surface area contributed by atoms with Crippen LogP contribution in [0.4, 0.5) is 13.2 Å². The van der Waals surface area contributed by atoms with Gasteiger partial charge in [0, 0.05) is 19.6 Å². The van der Waals surface area contributed by atoms with Gasteiger partial charge in [-0.1, -0.05) is 37.7 Å². The highest BCUT2D eigenvalue weighted by Crippen LogP contribution is 2.41. The fraction of sp³-hybridized carbons (Fsp3) is 0.545. The molecule has 5 rings (SSSR count). The van der Waals surface area contributed by atoms with Crippen molar-refractivity contribution in [3.8, 4) is 5.75 Å². The van der Waals surface area contributed by atoms with Crippen molar-refractivity contribution < 1.29 is 32.2 Å². The summed E-state index contributed by atoms with van der Waals surface area (Å²) >= 11 is 0. The molecule has 45 heavy (non-hydrogen) atoms. The minimum absolute atomic E-state index is 0.0432. The van der Waals surface area contributed by atoms with Crippen LogP contribution < -0.4 is 10.3 Å². The van der Waals surface area contributed by atoms with Crippen LogP contribution >= 0.6 is 0 Å². The molecule has 2 fully saturated rings. The molecule has 242 valence electrons. The Kier molecular flexibility index (Phi) is 9.81. The third-order valence-electron chi connectivity index (χ3n) is 9.05. The minimum atomic E-state index is -4.63. The van der Waals surface area contributed by atoms with Crippen LogP contribution in [0.5, 0.6) is 5.75 Å². The fourth-order valence-corrected chi connectivity index (χ4v) is 7.12. The molecular formula is C33H40F3N3O5Si. The first kappa shape index (κ1) is 32.8. The monoisotopic (exact) mass is 643 g/mol. The Balaban J connectivity index is 1.36. The second-order valence-corrected chi connectivity index (χ2v) is 19.2. The van der Waals surface area contributed by atoms with Crippen molar-refractivity contribution in [3.05, 3.63) is 63.9 Å². The highest BCUT2D eigenvalue weighted by Gasteiger charge is 2.46. The molecule has 0 spiro atoms. The number of benzene rings is 2. The number of ketones is 1. The van der Waals surface area contributed by atoms with Crippen LogP contribution in [0.15, 0.2) is 47.3 Å². The van der Waals surface area contributed by atoms with E-state index in [1.165, 1.54) is 25.7 Å². The number of hydrogen-bond donors (Lipinski definition) is 0. The molecule has 3 unspecified atom stereocenters. The molecule has 3 aromatic rings. The number of rotatable bonds is 11. The van der Waals surface area contributed by atoms with Crippen molar-refractivity contribution in [3.63, 3.8) is 0 Å². The average Bonchev–Trinajstić information content (AvgIpc) is 3.66. The van der Waals surface area contributed by atoms with Gasteiger partial charge in [0.25, 0.3) is 5.56 Å². The summed E-state index contributed by atoms with van der Waals surface area (Å²) < 4.78 is 52.7. The smallest absolute Gasteiger partial charge is 0.416 e. The van der Waals surface area contributed by atoms with Gasteiger partial charge in [-0.3, -0.25) is 14.4 Å². The summed E-state index contributed by atoms with van der Waals surface area (Å²) in [5, 5.41) is 7.71. The van der Waals surface area contributed by atoms with Crippen molar-refractivity contribution in [2.45, 2.75) is 76.9 Å². The predicted octanol–water partition coefficient (Wildman–Crippen LogP) is 6.79. The van der Waals surface area contributed by atoms with Gasteiger partial charge in [0.2, 0.25) is 0 Å². The summed E-state index contributed by atoms with van der Waals surface area (Å²) in [4.78, 5) is 40.6. The van der Waals surface area contributed by atoms with E-state index in [-0.39, 0.29) is 29.8 Å². The maximum absolute atomic E-state index is 13.8. The van der Waals surface area contributed by atoms with E-state index in [1.807, 2.05) is 0 Å². The lowest BCUT2D eigenvalue weighted by molar-refractivity contribution is -0.150. The van der Waals surface area contributed by atoms with Crippen molar-refractivity contribution in [2.24, 2.45) is 23.7 Å². The molecule has 12 heteroatoms. The lowest BCUT2D eigenvalue weighted by atomic mass is 9.84. The average molecular weight is 644 g/mol. The SMILES string of the molecule is C[Si](C)(C)CCOC(=O)C1C(Cn2nnc3ccc(C(F)(F)F)cc3c2=O)CCC1C(=O)c1ccc(OCC2CCCC2)cc1. The van der Waals surface area contributed by atoms with Crippen LogP contribution in [0.25, 0.3) is 10.9 Å². The summed E-state index contributed by atoms with van der Waals surface area (Å²) in [6.07, 6.45) is 0.992. The van der Waals surface area contributed by atoms with E-state index in [4.69, 9.17) is 9.47 Å². The molecule has 2 aliphatic carbocycles. The van der Waals surface area contributed by atoms with Crippen LogP contribution in [-0.2, 0) is 22.3 Å². The maximum Gasteiger partial charge on any atom is 0.416 e. The Morgan fingerprint density at radius 2 is 1.71 bits per heavy atom. The van der Waals surface area contributed by atoms with E-state index in [2.05, 4.69) is 30.0 Å². The number of esters is 1. The van der Waals surface area contributed by atoms with Gasteiger partial charge in [0.1, 0.15) is 11.3 Å². The standard InChI is InChI=1S/C33H40F3N3O5Si/c1-45(2,3)17-16-43-32(42)29-23(19-39-31(41)27-18-24(33(34,35)36)11-15-28(27)37-38-39)10-14-26(29)30(40)22-8-12-25(13-9-22)44-20-21-6-4-5-7-21/h8-9,11-13,15,18,21,23,26,29H,4-7,10,14,16-17,19-20H2,1-3H3. The van der Waals surface area contributed by atoms with Crippen LogP contribution in [0, 0.1) is 23.7 Å². The first-order valence-corrected chi connectivity index (χ1v) is 19.4. The summed E-state index contributed by atoms with van der Waals surface area (Å²) in [6.45, 7) is 7.31. The summed E-state index contributed by atoms with van der Waals surface area (Å²) in [5.41, 5.74) is -1.20. The topological polar surface area (TPSA) is 100 Å². The Hall–Kier alpha value is -3.54. The van der Waals surface area contributed by atoms with E-state index < -0.39 is 49.1 Å². The molecule has 1 aromatic heterocycles. The predicted molar refractivity (Wildman–Crippen MR) is 166 cm³/mol. The quantitative estimate of drug-likeness (QED) is 0.129. The highest BCUT2D eigenvalue weighted by molar-refractivity contribution is 6.76. The Morgan fingerprint density at radius 1 is 1.00 bits per heavy atom. The Morgan fingerprint density at radius 3 is 2.38 bits per heavy atom. The van der Waals surface area contributed by atoms with Crippen molar-refractivity contribution in [1.82, 2.24) is 15.0 Å². The van der Waals surface area contributed by atoms with Gasteiger partial charge in [-0.05, 0) is 86.0 Å². The van der Waals surface area contributed by atoms with Gasteiger partial charge in [-0.15, -0.1) is 5.10 Å². The lowest BCUT2D eigenvalue weighted by Crippen LogP contribution is -2.36. The molecule has 0 aliphatic heterocycles. The zero-order valence-electron chi connectivity index (χ0n) is 25.9. The molecular weight excluding hydrogens is 603 g/mol. The van der Waals surface area contributed by atoms with Gasteiger partial charge in [-0.2, -0.15) is 13.2 Å². The number of carbonyl (C=O) groups excluding carboxylic acids is 2. The molecule has 3 atom stereocenters. The normalized spacial score (nSPS) is 20.9. The number of alkyl halides is 3. The largest absolute Gasteiger partial charge is 0.493 e. The molecule has 2 aromatic carbocycles. The Labute approximate surface area is 261 Å². The zero-order valence-corrected chi connectivity index (χ0v) is 26.9. The van der Waals surface area contributed by atoms with E-state index >= 15 is 0 Å². The minimum Gasteiger partial charge on any atom is -0.493 e. The molecule has 0 amide bonds. The van der Waals surface area contributed by atoms with Gasteiger partial charge in [-0.25, -0.2) is 4.68 Å². The lowest BCUT2D eigenvalue weighted by Gasteiger charge is -2.24. The van der Waals surface area contributed by atoms with Crippen molar-refractivity contribution in [1.29, 1.82) is 0 Å². The van der Waals surface area contributed by atoms with E-state index in [0.29, 0.717) is 36.7 Å². The molecule has 0 radical (unpaired) electrons. The number of aromatic nitrogens is 3. The van der Waals surface area contributed by atoms with Crippen molar-refractivity contribution in [2.75, 3.05) is 13.2 Å². The van der Waals surface area contributed by atoms with Crippen LogP contribution in [0.3, 0.4) is 0 Å². The van der Waals surface area contributed by atoms with Crippen LogP contribution in [0.1, 0.15) is 54.4 Å². The van der Waals surface area contributed by atoms with Crippen molar-refractivity contribution >= 4 is 30.7 Å². The molecule has 2 saturated carbocycles. The number of Topliss-reactive ketones (excluding diaryl/α,β-unsaturated/α-hetero) is 1. The number of fused-ring (bicyclic) bond motifs is 1. The van der Waals surface area contributed by atoms with Gasteiger partial charge < -0.3 is 9.47 Å². The molecule has 8 nitrogen and oxygen atoms in total. The van der Waals surface area contributed by atoms with E-state index in [1.54, 1.807) is 24.3 Å². The molecule has 2 aliphatic rings. The van der Waals surface area contributed by atoms with Crippen LogP contribution in [0.2, 0.25) is 25.7 Å². The third-order valence-corrected chi connectivity index (χ3v) is 10.8. The zero-order chi connectivity index (χ0) is 32.4. The third kappa shape index (κ3) is 8.00. The number of ether oxygens (including phenoxy) is 2. The van der Waals surface area contributed by atoms with E-state index in [9.17, 15) is 27.6 Å². The second kappa shape index (κ2) is 13.4. The molecule has 0 N–H and O–H groups in total. The Bertz CT molecular complexity index is 1580. The second-order valence-electron chi connectivity index (χ2n) is 13.6. The first-order chi connectivity index (χ1) is 21.3. The molecule has 1 heterocycles. The number of halogens is 3. The summed E-state index contributed by atoms with van der Waals surface area (Å²) in [5.74, 6) is -1.48. The van der Waals surface area contributed by atoms with Crippen LogP contribution in [-0.4, -0.2) is 48.0 Å².